The van der Waals surface area contributed by atoms with Gasteiger partial charge in [-0.15, -0.1) is 11.3 Å². The van der Waals surface area contributed by atoms with E-state index in [1.807, 2.05) is 12.1 Å². The highest BCUT2D eigenvalue weighted by Crippen LogP contribution is 2.31. The minimum atomic E-state index is -0.132. The maximum Gasteiger partial charge on any atom is 0.263 e. The lowest BCUT2D eigenvalue weighted by Crippen LogP contribution is -2.43. The maximum atomic E-state index is 12.5. The highest BCUT2D eigenvalue weighted by atomic mass is 32.1. The van der Waals surface area contributed by atoms with Gasteiger partial charge < -0.3 is 21.3 Å². The second kappa shape index (κ2) is 7.94. The number of benzene rings is 1. The van der Waals surface area contributed by atoms with Crippen molar-refractivity contribution in [2.45, 2.75) is 6.42 Å². The van der Waals surface area contributed by atoms with E-state index in [2.05, 4.69) is 44.8 Å². The van der Waals surface area contributed by atoms with Crippen LogP contribution in [0.15, 0.2) is 42.6 Å². The molecule has 3 aromatic rings. The molecular weight excluding hydrogens is 358 g/mol. The summed E-state index contributed by atoms with van der Waals surface area (Å²) in [6, 6.07) is 12.3. The Hall–Kier alpha value is -2.64. The number of amides is 1. The van der Waals surface area contributed by atoms with E-state index < -0.39 is 0 Å². The fourth-order valence-electron chi connectivity index (χ4n) is 3.32. The van der Waals surface area contributed by atoms with Crippen LogP contribution in [0.5, 0.6) is 0 Å². The van der Waals surface area contributed by atoms with Crippen LogP contribution in [0.2, 0.25) is 0 Å². The first kappa shape index (κ1) is 17.8. The Morgan fingerprint density at radius 2 is 2.00 bits per heavy atom. The highest BCUT2D eigenvalue weighted by Gasteiger charge is 2.16. The van der Waals surface area contributed by atoms with E-state index >= 15 is 0 Å². The zero-order chi connectivity index (χ0) is 18.6. The summed E-state index contributed by atoms with van der Waals surface area (Å²) in [6.07, 6.45) is 2.50. The van der Waals surface area contributed by atoms with Crippen molar-refractivity contribution >= 4 is 38.8 Å². The number of hydrogen-bond donors (Lipinski definition) is 3. The highest BCUT2D eigenvalue weighted by molar-refractivity contribution is 7.21. The zero-order valence-electron chi connectivity index (χ0n) is 15.1. The molecule has 0 saturated carbocycles. The fourth-order valence-corrected chi connectivity index (χ4v) is 4.30. The summed E-state index contributed by atoms with van der Waals surface area (Å²) in [5.74, 6) is -0.132. The number of fused-ring (bicyclic) bond motifs is 1. The summed E-state index contributed by atoms with van der Waals surface area (Å²) in [5, 5.41) is 7.18. The summed E-state index contributed by atoms with van der Waals surface area (Å²) < 4.78 is 0. The van der Waals surface area contributed by atoms with Crippen LogP contribution in [-0.4, -0.2) is 43.6 Å². The van der Waals surface area contributed by atoms with Crippen molar-refractivity contribution in [1.29, 1.82) is 0 Å². The van der Waals surface area contributed by atoms with Crippen molar-refractivity contribution in [3.05, 3.63) is 53.0 Å². The lowest BCUT2D eigenvalue weighted by molar-refractivity contribution is 0.0959. The van der Waals surface area contributed by atoms with E-state index in [9.17, 15) is 4.79 Å². The largest absolute Gasteiger partial charge is 0.397 e. The quantitative estimate of drug-likeness (QED) is 0.631. The summed E-state index contributed by atoms with van der Waals surface area (Å²) >= 11 is 1.34. The third-order valence-corrected chi connectivity index (χ3v) is 5.96. The molecule has 0 atom stereocenters. The van der Waals surface area contributed by atoms with Gasteiger partial charge in [-0.05, 0) is 36.2 Å². The number of thiophene rings is 1. The average Bonchev–Trinajstić information content (AvgIpc) is 3.06. The van der Waals surface area contributed by atoms with Gasteiger partial charge in [0.15, 0.2) is 0 Å². The molecule has 0 aliphatic carbocycles. The van der Waals surface area contributed by atoms with E-state index in [0.29, 0.717) is 17.1 Å². The number of rotatable bonds is 5. The number of carbonyl (C=O) groups is 1. The standard InChI is InChI=1S/C20H23N5OS/c21-17-16-2-1-8-24-20(16)27-18(17)19(26)23-9-7-14-3-5-15(6-4-14)25-12-10-22-11-13-25/h1-6,8,22H,7,9-13,21H2,(H,23,26). The number of pyridine rings is 1. The number of nitrogen functional groups attached to an aromatic ring is 1. The van der Waals surface area contributed by atoms with Gasteiger partial charge in [0.05, 0.1) is 5.69 Å². The van der Waals surface area contributed by atoms with E-state index in [1.54, 1.807) is 6.20 Å². The molecule has 2 aromatic heterocycles. The smallest absolute Gasteiger partial charge is 0.263 e. The van der Waals surface area contributed by atoms with Crippen LogP contribution in [0.25, 0.3) is 10.2 Å². The molecule has 140 valence electrons. The Balaban J connectivity index is 1.33. The molecule has 0 radical (unpaired) electrons. The van der Waals surface area contributed by atoms with Gasteiger partial charge in [0.1, 0.15) is 9.71 Å². The SMILES string of the molecule is Nc1c(C(=O)NCCc2ccc(N3CCNCC3)cc2)sc2ncccc12. The lowest BCUT2D eigenvalue weighted by Gasteiger charge is -2.29. The Morgan fingerprint density at radius 1 is 1.22 bits per heavy atom. The molecule has 1 amide bonds. The molecule has 1 aliphatic rings. The van der Waals surface area contributed by atoms with Gasteiger partial charge in [-0.2, -0.15) is 0 Å². The second-order valence-corrected chi connectivity index (χ2v) is 7.61. The van der Waals surface area contributed by atoms with Crippen LogP contribution >= 0.6 is 11.3 Å². The molecule has 0 unspecified atom stereocenters. The number of anilines is 2. The van der Waals surface area contributed by atoms with Crippen molar-refractivity contribution in [1.82, 2.24) is 15.6 Å². The molecule has 4 rings (SSSR count). The van der Waals surface area contributed by atoms with Crippen LogP contribution in [0.4, 0.5) is 11.4 Å². The first-order valence-electron chi connectivity index (χ1n) is 9.18. The minimum Gasteiger partial charge on any atom is -0.397 e. The molecule has 4 N–H and O–H groups in total. The van der Waals surface area contributed by atoms with Crippen molar-refractivity contribution < 1.29 is 4.79 Å². The number of aromatic nitrogens is 1. The van der Waals surface area contributed by atoms with Crippen LogP contribution < -0.4 is 21.3 Å². The number of hydrogen-bond acceptors (Lipinski definition) is 6. The van der Waals surface area contributed by atoms with Gasteiger partial charge >= 0.3 is 0 Å². The van der Waals surface area contributed by atoms with Crippen LogP contribution in [0.3, 0.4) is 0 Å². The normalized spacial score (nSPS) is 14.4. The fraction of sp³-hybridized carbons (Fsp3) is 0.300. The first-order valence-corrected chi connectivity index (χ1v) is 10.00. The van der Waals surface area contributed by atoms with E-state index in [4.69, 9.17) is 5.73 Å². The lowest BCUT2D eigenvalue weighted by atomic mass is 10.1. The van der Waals surface area contributed by atoms with Crippen molar-refractivity contribution in [2.24, 2.45) is 0 Å². The first-order chi connectivity index (χ1) is 13.2. The third-order valence-electron chi connectivity index (χ3n) is 4.83. The summed E-state index contributed by atoms with van der Waals surface area (Å²) in [7, 11) is 0. The number of piperazine rings is 1. The van der Waals surface area contributed by atoms with Crippen LogP contribution in [-0.2, 0) is 6.42 Å². The zero-order valence-corrected chi connectivity index (χ0v) is 15.9. The Kier molecular flexibility index (Phi) is 5.22. The summed E-state index contributed by atoms with van der Waals surface area (Å²) in [5.41, 5.74) is 9.09. The van der Waals surface area contributed by atoms with Gasteiger partial charge in [0.25, 0.3) is 5.91 Å². The average molecular weight is 382 g/mol. The van der Waals surface area contributed by atoms with Gasteiger partial charge in [0, 0.05) is 50.0 Å². The molecule has 1 aromatic carbocycles. The molecule has 3 heterocycles. The van der Waals surface area contributed by atoms with Crippen molar-refractivity contribution in [3.63, 3.8) is 0 Å². The van der Waals surface area contributed by atoms with Gasteiger partial charge in [-0.3, -0.25) is 4.79 Å². The molecule has 27 heavy (non-hydrogen) atoms. The van der Waals surface area contributed by atoms with E-state index in [0.717, 1.165) is 42.8 Å². The molecule has 6 nitrogen and oxygen atoms in total. The number of nitrogens with one attached hydrogen (secondary N) is 2. The monoisotopic (exact) mass is 381 g/mol. The Bertz CT molecular complexity index is 931. The second-order valence-electron chi connectivity index (χ2n) is 6.61. The number of carbonyl (C=O) groups excluding carboxylic acids is 1. The van der Waals surface area contributed by atoms with E-state index in [-0.39, 0.29) is 5.91 Å². The molecule has 0 spiro atoms. The number of nitrogens with two attached hydrogens (primary N) is 1. The van der Waals surface area contributed by atoms with E-state index in [1.165, 1.54) is 22.6 Å². The molecule has 1 aliphatic heterocycles. The minimum absolute atomic E-state index is 0.132. The molecule has 0 bridgehead atoms. The van der Waals surface area contributed by atoms with Crippen molar-refractivity contribution in [2.75, 3.05) is 43.4 Å². The third kappa shape index (κ3) is 3.89. The maximum absolute atomic E-state index is 12.5. The van der Waals surface area contributed by atoms with Gasteiger partial charge in [-0.25, -0.2) is 4.98 Å². The summed E-state index contributed by atoms with van der Waals surface area (Å²) in [6.45, 7) is 4.73. The van der Waals surface area contributed by atoms with Crippen LogP contribution in [0, 0.1) is 0 Å². The topological polar surface area (TPSA) is 83.3 Å². The molecule has 7 heteroatoms. The van der Waals surface area contributed by atoms with Crippen LogP contribution in [0.1, 0.15) is 15.2 Å². The molecular formula is C20H23N5OS. The number of nitrogens with zero attached hydrogens (tertiary/aromatic N) is 2. The predicted molar refractivity (Wildman–Crippen MR) is 112 cm³/mol. The predicted octanol–water partition coefficient (Wildman–Crippen LogP) is 2.26. The van der Waals surface area contributed by atoms with Crippen molar-refractivity contribution in [3.8, 4) is 0 Å². The van der Waals surface area contributed by atoms with Gasteiger partial charge in [-0.1, -0.05) is 12.1 Å². The van der Waals surface area contributed by atoms with Gasteiger partial charge in [0.2, 0.25) is 0 Å². The Labute approximate surface area is 162 Å². The summed E-state index contributed by atoms with van der Waals surface area (Å²) in [4.78, 5) is 20.5. The molecule has 1 fully saturated rings. The molecule has 1 saturated heterocycles. The Morgan fingerprint density at radius 3 is 2.74 bits per heavy atom.